The number of sulfone groups is 1. The third-order valence-corrected chi connectivity index (χ3v) is 5.12. The van der Waals surface area contributed by atoms with Gasteiger partial charge in [0, 0.05) is 25.9 Å². The van der Waals surface area contributed by atoms with E-state index in [1.165, 1.54) is 6.26 Å². The van der Waals surface area contributed by atoms with Gasteiger partial charge >= 0.3 is 0 Å². The Kier molecular flexibility index (Phi) is 5.51. The van der Waals surface area contributed by atoms with Gasteiger partial charge in [0.15, 0.2) is 21.3 Å². The zero-order valence-electron chi connectivity index (χ0n) is 14.7. The van der Waals surface area contributed by atoms with Gasteiger partial charge in [-0.25, -0.2) is 8.42 Å². The van der Waals surface area contributed by atoms with Crippen LogP contribution in [-0.4, -0.2) is 43.9 Å². The number of hydrogen-bond acceptors (Lipinski definition) is 6. The van der Waals surface area contributed by atoms with Crippen molar-refractivity contribution in [2.45, 2.75) is 25.1 Å². The molecule has 0 atom stereocenters. The molecule has 1 aromatic heterocycles. The molecule has 1 aromatic carbocycles. The fourth-order valence-corrected chi connectivity index (χ4v) is 3.83. The number of aromatic nitrogens is 2. The van der Waals surface area contributed by atoms with Crippen LogP contribution in [0, 0.1) is 0 Å². The first-order valence-corrected chi connectivity index (χ1v) is 10.6. The molecule has 1 aliphatic heterocycles. The van der Waals surface area contributed by atoms with E-state index in [9.17, 15) is 13.2 Å². The van der Waals surface area contributed by atoms with Gasteiger partial charge in [-0.05, 0) is 36.1 Å². The summed E-state index contributed by atoms with van der Waals surface area (Å²) >= 11 is 0. The lowest BCUT2D eigenvalue weighted by atomic mass is 10.1. The van der Waals surface area contributed by atoms with E-state index < -0.39 is 9.84 Å². The summed E-state index contributed by atoms with van der Waals surface area (Å²) < 4.78 is 23.1. The molecule has 1 fully saturated rings. The Morgan fingerprint density at radius 1 is 1.08 bits per heavy atom. The monoisotopic (exact) mass is 374 g/mol. The molecule has 0 spiro atoms. The van der Waals surface area contributed by atoms with Crippen LogP contribution in [0.1, 0.15) is 34.5 Å². The zero-order chi connectivity index (χ0) is 18.6. The van der Waals surface area contributed by atoms with E-state index in [0.29, 0.717) is 5.56 Å². The largest absolute Gasteiger partial charge is 0.355 e. The van der Waals surface area contributed by atoms with Crippen LogP contribution in [0.15, 0.2) is 36.4 Å². The van der Waals surface area contributed by atoms with Crippen molar-refractivity contribution in [2.75, 3.05) is 24.2 Å². The summed E-state index contributed by atoms with van der Waals surface area (Å²) in [5.41, 5.74) is 1.70. The standard InChI is InChI=1S/C18H22N4O3S/c1-26(24,25)13-15-7-3-2-6-14(15)12-19-18(23)16-8-9-17(21-20-16)22-10-4-5-11-22/h2-3,6-9H,4-5,10-13H2,1H3,(H,19,23). The second-order valence-electron chi connectivity index (χ2n) is 6.49. The van der Waals surface area contributed by atoms with Gasteiger partial charge in [-0.2, -0.15) is 0 Å². The van der Waals surface area contributed by atoms with Crippen molar-refractivity contribution in [2.24, 2.45) is 0 Å². The molecule has 1 amide bonds. The SMILES string of the molecule is CS(=O)(=O)Cc1ccccc1CNC(=O)c1ccc(N2CCCC2)nn1. The molecule has 1 N–H and O–H groups in total. The van der Waals surface area contributed by atoms with Crippen LogP contribution in [-0.2, 0) is 22.1 Å². The van der Waals surface area contributed by atoms with Crippen LogP contribution in [0.5, 0.6) is 0 Å². The van der Waals surface area contributed by atoms with Crippen molar-refractivity contribution in [1.29, 1.82) is 0 Å². The lowest BCUT2D eigenvalue weighted by Crippen LogP contribution is -2.26. The molecular weight excluding hydrogens is 352 g/mol. The van der Waals surface area contributed by atoms with Crippen LogP contribution in [0.25, 0.3) is 0 Å². The van der Waals surface area contributed by atoms with Crippen molar-refractivity contribution < 1.29 is 13.2 Å². The highest BCUT2D eigenvalue weighted by Crippen LogP contribution is 2.16. The van der Waals surface area contributed by atoms with E-state index in [4.69, 9.17) is 0 Å². The second-order valence-corrected chi connectivity index (χ2v) is 8.63. The Hall–Kier alpha value is -2.48. The third-order valence-electron chi connectivity index (χ3n) is 4.29. The Morgan fingerprint density at radius 2 is 1.77 bits per heavy atom. The Bertz CT molecular complexity index is 876. The maximum absolute atomic E-state index is 12.3. The molecule has 0 unspecified atom stereocenters. The number of rotatable bonds is 6. The molecule has 1 saturated heterocycles. The average Bonchev–Trinajstić information content (AvgIpc) is 3.14. The van der Waals surface area contributed by atoms with Gasteiger partial charge in [0.25, 0.3) is 5.91 Å². The van der Waals surface area contributed by atoms with Crippen molar-refractivity contribution in [1.82, 2.24) is 15.5 Å². The molecule has 0 bridgehead atoms. The van der Waals surface area contributed by atoms with Gasteiger partial charge in [0.05, 0.1) is 5.75 Å². The minimum atomic E-state index is -3.14. The van der Waals surface area contributed by atoms with Crippen molar-refractivity contribution in [3.8, 4) is 0 Å². The summed E-state index contributed by atoms with van der Waals surface area (Å²) in [7, 11) is -3.14. The van der Waals surface area contributed by atoms with E-state index in [1.807, 2.05) is 18.2 Å². The second kappa shape index (κ2) is 7.82. The molecule has 8 heteroatoms. The number of nitrogens with zero attached hydrogens (tertiary/aromatic N) is 3. The minimum absolute atomic E-state index is 0.0522. The summed E-state index contributed by atoms with van der Waals surface area (Å²) in [5, 5.41) is 10.9. The van der Waals surface area contributed by atoms with Gasteiger partial charge in [-0.1, -0.05) is 24.3 Å². The van der Waals surface area contributed by atoms with E-state index in [2.05, 4.69) is 20.4 Å². The molecule has 1 aliphatic rings. The van der Waals surface area contributed by atoms with E-state index >= 15 is 0 Å². The number of anilines is 1. The van der Waals surface area contributed by atoms with E-state index in [-0.39, 0.29) is 23.9 Å². The van der Waals surface area contributed by atoms with Crippen molar-refractivity contribution in [3.63, 3.8) is 0 Å². The van der Waals surface area contributed by atoms with Crippen LogP contribution in [0.4, 0.5) is 5.82 Å². The van der Waals surface area contributed by atoms with Gasteiger partial charge in [0.1, 0.15) is 0 Å². The third kappa shape index (κ3) is 4.78. The number of carbonyl (C=O) groups is 1. The molecule has 138 valence electrons. The maximum atomic E-state index is 12.3. The minimum Gasteiger partial charge on any atom is -0.355 e. The normalized spacial score (nSPS) is 14.4. The Morgan fingerprint density at radius 3 is 2.38 bits per heavy atom. The van der Waals surface area contributed by atoms with Crippen LogP contribution < -0.4 is 10.2 Å². The summed E-state index contributed by atoms with van der Waals surface area (Å²) in [6.07, 6.45) is 3.49. The molecule has 0 radical (unpaired) electrons. The molecule has 2 aromatic rings. The highest BCUT2D eigenvalue weighted by Gasteiger charge is 2.16. The summed E-state index contributed by atoms with van der Waals surface area (Å²) in [6.45, 7) is 2.18. The lowest BCUT2D eigenvalue weighted by Gasteiger charge is -2.15. The van der Waals surface area contributed by atoms with Crippen molar-refractivity contribution >= 4 is 21.6 Å². The number of nitrogens with one attached hydrogen (secondary N) is 1. The molecule has 0 aliphatic carbocycles. The van der Waals surface area contributed by atoms with Gasteiger partial charge < -0.3 is 10.2 Å². The van der Waals surface area contributed by atoms with E-state index in [1.54, 1.807) is 18.2 Å². The molecule has 26 heavy (non-hydrogen) atoms. The maximum Gasteiger partial charge on any atom is 0.272 e. The van der Waals surface area contributed by atoms with Crippen LogP contribution in [0.3, 0.4) is 0 Å². The molecule has 2 heterocycles. The number of amides is 1. The summed E-state index contributed by atoms with van der Waals surface area (Å²) in [5.74, 6) is 0.404. The highest BCUT2D eigenvalue weighted by atomic mass is 32.2. The summed E-state index contributed by atoms with van der Waals surface area (Å²) in [4.78, 5) is 14.5. The lowest BCUT2D eigenvalue weighted by molar-refractivity contribution is 0.0945. The number of hydrogen-bond donors (Lipinski definition) is 1. The van der Waals surface area contributed by atoms with Crippen LogP contribution >= 0.6 is 0 Å². The Labute approximate surface area is 153 Å². The first-order valence-electron chi connectivity index (χ1n) is 8.54. The smallest absolute Gasteiger partial charge is 0.272 e. The Balaban J connectivity index is 1.64. The van der Waals surface area contributed by atoms with Crippen molar-refractivity contribution in [3.05, 3.63) is 53.2 Å². The molecule has 0 saturated carbocycles. The quantitative estimate of drug-likeness (QED) is 0.825. The molecule has 3 rings (SSSR count). The fourth-order valence-electron chi connectivity index (χ4n) is 2.98. The molecule has 7 nitrogen and oxygen atoms in total. The fraction of sp³-hybridized carbons (Fsp3) is 0.389. The molecular formula is C18H22N4O3S. The topological polar surface area (TPSA) is 92.3 Å². The highest BCUT2D eigenvalue weighted by molar-refractivity contribution is 7.89. The first kappa shape index (κ1) is 18.3. The predicted molar refractivity (Wildman–Crippen MR) is 99.6 cm³/mol. The van der Waals surface area contributed by atoms with Crippen LogP contribution in [0.2, 0.25) is 0 Å². The zero-order valence-corrected chi connectivity index (χ0v) is 15.5. The van der Waals surface area contributed by atoms with Gasteiger partial charge in [-0.3, -0.25) is 4.79 Å². The van der Waals surface area contributed by atoms with E-state index in [0.717, 1.165) is 37.3 Å². The van der Waals surface area contributed by atoms with Gasteiger partial charge in [0.2, 0.25) is 0 Å². The first-order chi connectivity index (χ1) is 12.4. The average molecular weight is 374 g/mol. The number of carbonyl (C=O) groups excluding carboxylic acids is 1. The predicted octanol–water partition coefficient (Wildman–Crippen LogP) is 1.55. The van der Waals surface area contributed by atoms with Gasteiger partial charge in [-0.15, -0.1) is 10.2 Å². The summed E-state index contributed by atoms with van der Waals surface area (Å²) in [6, 6.07) is 10.6. The number of benzene rings is 1.